The lowest BCUT2D eigenvalue weighted by atomic mass is 10.1. The fourth-order valence-electron chi connectivity index (χ4n) is 4.55. The third-order valence-electron chi connectivity index (χ3n) is 5.98. The van der Waals surface area contributed by atoms with Crippen molar-refractivity contribution in [3.8, 4) is 5.75 Å². The summed E-state index contributed by atoms with van der Waals surface area (Å²) in [7, 11) is 0. The lowest BCUT2D eigenvalue weighted by Crippen LogP contribution is -2.33. The number of fused-ring (bicyclic) bond motifs is 3. The quantitative estimate of drug-likeness (QED) is 0.453. The van der Waals surface area contributed by atoms with Crippen molar-refractivity contribution < 1.29 is 18.9 Å². The van der Waals surface area contributed by atoms with Gasteiger partial charge in [-0.1, -0.05) is 11.6 Å². The highest BCUT2D eigenvalue weighted by Gasteiger charge is 2.56. The Morgan fingerprint density at radius 2 is 1.94 bits per heavy atom. The minimum Gasteiger partial charge on any atom is -0.491 e. The Morgan fingerprint density at radius 1 is 1.12 bits per heavy atom. The summed E-state index contributed by atoms with van der Waals surface area (Å²) in [6.45, 7) is 4.07. The van der Waals surface area contributed by atoms with Crippen molar-refractivity contribution >= 4 is 39.4 Å². The zero-order chi connectivity index (χ0) is 22.7. The molecule has 2 fully saturated rings. The van der Waals surface area contributed by atoms with Crippen LogP contribution in [0.3, 0.4) is 0 Å². The molecule has 2 N–H and O–H groups in total. The standard InChI is InChI=1S/C23H22ClN5O4/c1-23(2)32-18-16(10-30-13-5-3-12-4-6-17(24)28-15(12)9-13)31-22(19(18)33-23)29-8-7-14-20(25)26-11-27-21(14)29/h3-9,11,16,18-19,22H,10H2,1-2H3,(H2,25,26,27)/t16-,18-,19-,22-/m1/s1. The molecule has 5 heterocycles. The first kappa shape index (κ1) is 20.6. The number of benzene rings is 1. The molecular weight excluding hydrogens is 446 g/mol. The lowest BCUT2D eigenvalue weighted by molar-refractivity contribution is -0.198. The van der Waals surface area contributed by atoms with Gasteiger partial charge in [0.2, 0.25) is 0 Å². The number of nitrogens with zero attached hydrogens (tertiary/aromatic N) is 4. The second kappa shape index (κ2) is 7.53. The van der Waals surface area contributed by atoms with Gasteiger partial charge in [0.25, 0.3) is 0 Å². The van der Waals surface area contributed by atoms with Crippen LogP contribution >= 0.6 is 11.6 Å². The first-order valence-corrected chi connectivity index (χ1v) is 11.0. The molecule has 2 aliphatic rings. The van der Waals surface area contributed by atoms with E-state index in [2.05, 4.69) is 15.0 Å². The summed E-state index contributed by atoms with van der Waals surface area (Å²) in [5.41, 5.74) is 7.46. The highest BCUT2D eigenvalue weighted by molar-refractivity contribution is 6.29. The number of pyridine rings is 1. The molecule has 170 valence electrons. The van der Waals surface area contributed by atoms with Gasteiger partial charge in [-0.05, 0) is 44.2 Å². The van der Waals surface area contributed by atoms with Crippen LogP contribution in [0.15, 0.2) is 48.9 Å². The van der Waals surface area contributed by atoms with E-state index >= 15 is 0 Å². The minimum absolute atomic E-state index is 0.277. The molecule has 10 heteroatoms. The molecule has 3 aromatic heterocycles. The van der Waals surface area contributed by atoms with Gasteiger partial charge in [0.05, 0.1) is 10.9 Å². The van der Waals surface area contributed by atoms with Gasteiger partial charge in [-0.25, -0.2) is 15.0 Å². The summed E-state index contributed by atoms with van der Waals surface area (Å²) < 4.78 is 26.8. The summed E-state index contributed by atoms with van der Waals surface area (Å²) in [6.07, 6.45) is 1.87. The van der Waals surface area contributed by atoms with E-state index in [1.807, 2.05) is 54.9 Å². The summed E-state index contributed by atoms with van der Waals surface area (Å²) >= 11 is 6.03. The second-order valence-corrected chi connectivity index (χ2v) is 9.04. The van der Waals surface area contributed by atoms with Crippen molar-refractivity contribution in [2.24, 2.45) is 0 Å². The molecule has 0 unspecified atom stereocenters. The fraction of sp³-hybridized carbons (Fsp3) is 0.348. The number of ether oxygens (including phenoxy) is 4. The molecule has 6 rings (SSSR count). The van der Waals surface area contributed by atoms with Gasteiger partial charge < -0.3 is 29.2 Å². The predicted octanol–water partition coefficient (Wildman–Crippen LogP) is 3.71. The smallest absolute Gasteiger partial charge is 0.164 e. The number of nitrogen functional groups attached to an aromatic ring is 1. The molecule has 0 saturated carbocycles. The molecule has 0 aliphatic carbocycles. The van der Waals surface area contributed by atoms with Crippen molar-refractivity contribution in [1.82, 2.24) is 19.5 Å². The summed E-state index contributed by atoms with van der Waals surface area (Å²) in [5.74, 6) is 0.351. The number of hydrogen-bond acceptors (Lipinski definition) is 8. The molecule has 2 aliphatic heterocycles. The van der Waals surface area contributed by atoms with Crippen molar-refractivity contribution in [2.75, 3.05) is 12.3 Å². The molecule has 0 amide bonds. The van der Waals surface area contributed by atoms with Gasteiger partial charge in [0.15, 0.2) is 12.0 Å². The van der Waals surface area contributed by atoms with E-state index in [4.69, 9.17) is 36.3 Å². The van der Waals surface area contributed by atoms with Crippen LogP contribution in [-0.2, 0) is 14.2 Å². The molecule has 4 aromatic rings. The van der Waals surface area contributed by atoms with Crippen molar-refractivity contribution in [3.05, 3.63) is 54.1 Å². The zero-order valence-electron chi connectivity index (χ0n) is 18.0. The average molecular weight is 468 g/mol. The van der Waals surface area contributed by atoms with Crippen LogP contribution in [-0.4, -0.2) is 50.2 Å². The van der Waals surface area contributed by atoms with Crippen LogP contribution in [0.25, 0.3) is 21.9 Å². The third kappa shape index (κ3) is 3.57. The van der Waals surface area contributed by atoms with E-state index in [1.54, 1.807) is 6.07 Å². The topological polar surface area (TPSA) is 107 Å². The van der Waals surface area contributed by atoms with Crippen LogP contribution in [0, 0.1) is 0 Å². The Hall–Kier alpha value is -2.98. The SMILES string of the molecule is CC1(C)O[C@@H]2[C@H](O1)[C@@H](COc1ccc3ccc(Cl)nc3c1)O[C@H]2n1ccc2c(N)ncnc21. The predicted molar refractivity (Wildman–Crippen MR) is 122 cm³/mol. The van der Waals surface area contributed by atoms with Crippen LogP contribution in [0.5, 0.6) is 5.75 Å². The Morgan fingerprint density at radius 3 is 2.82 bits per heavy atom. The third-order valence-corrected chi connectivity index (χ3v) is 6.19. The molecule has 9 nitrogen and oxygen atoms in total. The first-order valence-electron chi connectivity index (χ1n) is 10.7. The summed E-state index contributed by atoms with van der Waals surface area (Å²) in [6, 6.07) is 11.3. The monoisotopic (exact) mass is 467 g/mol. The van der Waals surface area contributed by atoms with E-state index in [0.717, 1.165) is 16.3 Å². The van der Waals surface area contributed by atoms with Crippen molar-refractivity contribution in [1.29, 1.82) is 0 Å². The van der Waals surface area contributed by atoms with Gasteiger partial charge in [0.1, 0.15) is 53.6 Å². The maximum absolute atomic E-state index is 6.39. The molecule has 0 spiro atoms. The number of hydrogen-bond donors (Lipinski definition) is 1. The van der Waals surface area contributed by atoms with Gasteiger partial charge in [-0.3, -0.25) is 0 Å². The van der Waals surface area contributed by atoms with Gasteiger partial charge in [-0.15, -0.1) is 0 Å². The second-order valence-electron chi connectivity index (χ2n) is 8.65. The van der Waals surface area contributed by atoms with Crippen molar-refractivity contribution in [2.45, 2.75) is 44.2 Å². The highest BCUT2D eigenvalue weighted by Crippen LogP contribution is 2.44. The van der Waals surface area contributed by atoms with Gasteiger partial charge >= 0.3 is 0 Å². The number of anilines is 1. The van der Waals surface area contributed by atoms with Gasteiger partial charge in [-0.2, -0.15) is 0 Å². The highest BCUT2D eigenvalue weighted by atomic mass is 35.5. The van der Waals surface area contributed by atoms with Gasteiger partial charge in [0, 0.05) is 17.6 Å². The van der Waals surface area contributed by atoms with E-state index in [1.165, 1.54) is 6.33 Å². The molecule has 4 atom stereocenters. The molecule has 0 radical (unpaired) electrons. The number of aromatic nitrogens is 4. The molecule has 1 aromatic carbocycles. The largest absolute Gasteiger partial charge is 0.491 e. The molecule has 2 saturated heterocycles. The normalized spacial score (nSPS) is 26.2. The number of rotatable bonds is 4. The maximum atomic E-state index is 6.39. The molecular formula is C23H22ClN5O4. The minimum atomic E-state index is -0.740. The zero-order valence-corrected chi connectivity index (χ0v) is 18.8. The molecule has 0 bridgehead atoms. The molecule has 33 heavy (non-hydrogen) atoms. The number of nitrogens with two attached hydrogens (primary N) is 1. The van der Waals surface area contributed by atoms with Crippen LogP contribution in [0.2, 0.25) is 5.15 Å². The Kier molecular flexibility index (Phi) is 4.70. The van der Waals surface area contributed by atoms with Crippen LogP contribution in [0.4, 0.5) is 5.82 Å². The maximum Gasteiger partial charge on any atom is 0.164 e. The first-order chi connectivity index (χ1) is 15.9. The summed E-state index contributed by atoms with van der Waals surface area (Å²) in [5, 5.41) is 2.18. The van der Waals surface area contributed by atoms with E-state index in [0.29, 0.717) is 22.4 Å². The van der Waals surface area contributed by atoms with Crippen LogP contribution < -0.4 is 10.5 Å². The summed E-state index contributed by atoms with van der Waals surface area (Å²) in [4.78, 5) is 12.8. The Bertz CT molecular complexity index is 1360. The van der Waals surface area contributed by atoms with Crippen LogP contribution in [0.1, 0.15) is 20.1 Å². The van der Waals surface area contributed by atoms with E-state index < -0.39 is 12.0 Å². The number of halogens is 1. The average Bonchev–Trinajstić information content (AvgIpc) is 3.43. The fourth-order valence-corrected chi connectivity index (χ4v) is 4.71. The lowest BCUT2D eigenvalue weighted by Gasteiger charge is -2.25. The van der Waals surface area contributed by atoms with Crippen molar-refractivity contribution in [3.63, 3.8) is 0 Å². The Balaban J connectivity index is 1.27. The van der Waals surface area contributed by atoms with E-state index in [-0.39, 0.29) is 24.9 Å². The van der Waals surface area contributed by atoms with E-state index in [9.17, 15) is 0 Å². The Labute approximate surface area is 194 Å².